The Balaban J connectivity index is 1.96. The first kappa shape index (κ1) is 12.1. The Bertz CT molecular complexity index is 426. The second-order valence-electron chi connectivity index (χ2n) is 3.72. The zero-order valence-electron chi connectivity index (χ0n) is 9.03. The molecule has 5 N–H and O–H groups in total. The minimum atomic E-state index is 0.0999. The van der Waals surface area contributed by atoms with Gasteiger partial charge in [-0.3, -0.25) is 10.2 Å². The topological polar surface area (TPSA) is 105 Å². The molecule has 0 aliphatic carbocycles. The molecule has 1 saturated heterocycles. The zero-order chi connectivity index (χ0) is 12.3. The van der Waals surface area contributed by atoms with Crippen LogP contribution in [-0.2, 0) is 4.79 Å². The van der Waals surface area contributed by atoms with Crippen molar-refractivity contribution < 1.29 is 4.79 Å². The second kappa shape index (κ2) is 5.28. The number of nitrogen functional groups attached to an aromatic ring is 1. The smallest absolute Gasteiger partial charge is 0.239 e. The van der Waals surface area contributed by atoms with Gasteiger partial charge in [-0.05, 0) is 22.4 Å². The van der Waals surface area contributed by atoms with Crippen LogP contribution in [0.5, 0.6) is 0 Å². The highest BCUT2D eigenvalue weighted by Crippen LogP contribution is 2.20. The number of rotatable bonds is 4. The van der Waals surface area contributed by atoms with Crippen molar-refractivity contribution in [2.45, 2.75) is 18.9 Å². The second-order valence-corrected chi connectivity index (χ2v) is 4.57. The van der Waals surface area contributed by atoms with E-state index in [1.807, 2.05) is 0 Å². The highest BCUT2D eigenvalue weighted by molar-refractivity contribution is 9.10. The van der Waals surface area contributed by atoms with E-state index in [4.69, 9.17) is 5.84 Å². The summed E-state index contributed by atoms with van der Waals surface area (Å²) in [6.07, 6.45) is 3.04. The van der Waals surface area contributed by atoms with Gasteiger partial charge in [0.25, 0.3) is 0 Å². The third-order valence-electron chi connectivity index (χ3n) is 2.47. The van der Waals surface area contributed by atoms with Gasteiger partial charge in [0.15, 0.2) is 0 Å². The average molecular weight is 301 g/mol. The highest BCUT2D eigenvalue weighted by atomic mass is 79.9. The number of hydrazine groups is 1. The van der Waals surface area contributed by atoms with E-state index in [1.165, 1.54) is 0 Å². The van der Waals surface area contributed by atoms with Gasteiger partial charge in [-0.25, -0.2) is 10.8 Å². The maximum Gasteiger partial charge on any atom is 0.239 e. The molecule has 17 heavy (non-hydrogen) atoms. The lowest BCUT2D eigenvalue weighted by molar-refractivity contribution is -0.119. The average Bonchev–Trinajstić information content (AvgIpc) is 2.74. The molecule has 1 unspecified atom stereocenters. The normalized spacial score (nSPS) is 18.9. The van der Waals surface area contributed by atoms with Crippen LogP contribution in [0.1, 0.15) is 12.8 Å². The Morgan fingerprint density at radius 1 is 1.65 bits per heavy atom. The maximum atomic E-state index is 11.0. The van der Waals surface area contributed by atoms with E-state index >= 15 is 0 Å². The quantitative estimate of drug-likeness (QED) is 0.468. The third-order valence-corrected chi connectivity index (χ3v) is 3.05. The molecule has 2 heterocycles. The largest absolute Gasteiger partial charge is 0.367 e. The number of aromatic nitrogens is 2. The number of carbonyl (C=O) groups excluding carboxylic acids is 1. The van der Waals surface area contributed by atoms with Crippen LogP contribution in [0, 0.1) is 0 Å². The summed E-state index contributed by atoms with van der Waals surface area (Å²) in [6.45, 7) is 0.630. The summed E-state index contributed by atoms with van der Waals surface area (Å²) < 4.78 is 0.751. The fourth-order valence-corrected chi connectivity index (χ4v) is 1.94. The predicted molar refractivity (Wildman–Crippen MR) is 67.2 cm³/mol. The summed E-state index contributed by atoms with van der Waals surface area (Å²) in [4.78, 5) is 19.1. The molecular formula is C9H13BrN6O. The number of amides is 1. The molecule has 0 spiro atoms. The Morgan fingerprint density at radius 2 is 2.47 bits per heavy atom. The number of nitrogens with two attached hydrogens (primary N) is 1. The summed E-state index contributed by atoms with van der Waals surface area (Å²) in [5.41, 5.74) is 2.38. The van der Waals surface area contributed by atoms with Gasteiger partial charge in [0.1, 0.15) is 5.82 Å². The van der Waals surface area contributed by atoms with E-state index in [0.717, 1.165) is 10.9 Å². The van der Waals surface area contributed by atoms with E-state index in [2.05, 4.69) is 42.0 Å². The van der Waals surface area contributed by atoms with Gasteiger partial charge in [-0.1, -0.05) is 0 Å². The summed E-state index contributed by atoms with van der Waals surface area (Å²) in [5, 5.41) is 6.01. The Kier molecular flexibility index (Phi) is 3.75. The van der Waals surface area contributed by atoms with E-state index in [-0.39, 0.29) is 11.9 Å². The predicted octanol–water partition coefficient (Wildman–Crippen LogP) is 0.215. The van der Waals surface area contributed by atoms with E-state index < -0.39 is 0 Å². The molecule has 92 valence electrons. The molecule has 7 nitrogen and oxygen atoms in total. The number of halogens is 1. The lowest BCUT2D eigenvalue weighted by Crippen LogP contribution is -2.32. The highest BCUT2D eigenvalue weighted by Gasteiger charge is 2.20. The summed E-state index contributed by atoms with van der Waals surface area (Å²) in [5.74, 6) is 6.32. The lowest BCUT2D eigenvalue weighted by atomic mass is 10.2. The fraction of sp³-hybridized carbons (Fsp3) is 0.444. The first-order valence-electron chi connectivity index (χ1n) is 5.21. The monoisotopic (exact) mass is 300 g/mol. The molecule has 1 fully saturated rings. The van der Waals surface area contributed by atoms with Gasteiger partial charge in [0.05, 0.1) is 4.47 Å². The Labute approximate surface area is 107 Å². The molecular weight excluding hydrogens is 288 g/mol. The number of hydrogen-bond donors (Lipinski definition) is 4. The van der Waals surface area contributed by atoms with Crippen LogP contribution in [-0.4, -0.2) is 28.5 Å². The minimum absolute atomic E-state index is 0.0999. The SMILES string of the molecule is NNc1ncc(Br)c(NCC2CCC(=O)N2)n1. The van der Waals surface area contributed by atoms with Gasteiger partial charge in [-0.15, -0.1) is 0 Å². The number of carbonyl (C=O) groups is 1. The van der Waals surface area contributed by atoms with E-state index in [9.17, 15) is 4.79 Å². The molecule has 1 aliphatic heterocycles. The van der Waals surface area contributed by atoms with Crippen molar-refractivity contribution in [3.05, 3.63) is 10.7 Å². The number of nitrogens with one attached hydrogen (secondary N) is 3. The van der Waals surface area contributed by atoms with E-state index in [0.29, 0.717) is 24.7 Å². The van der Waals surface area contributed by atoms with Gasteiger partial charge >= 0.3 is 0 Å². The van der Waals surface area contributed by atoms with Crippen molar-refractivity contribution in [1.82, 2.24) is 15.3 Å². The van der Waals surface area contributed by atoms with Gasteiger partial charge in [-0.2, -0.15) is 4.98 Å². The van der Waals surface area contributed by atoms with Gasteiger partial charge in [0.2, 0.25) is 11.9 Å². The molecule has 1 aliphatic rings. The number of anilines is 2. The molecule has 1 aromatic heterocycles. The summed E-state index contributed by atoms with van der Waals surface area (Å²) in [6, 6.07) is 0.152. The Morgan fingerprint density at radius 3 is 3.12 bits per heavy atom. The molecule has 1 amide bonds. The van der Waals surface area contributed by atoms with Crippen molar-refractivity contribution >= 4 is 33.6 Å². The standard InChI is InChI=1S/C9H13BrN6O/c10-6-4-13-9(16-11)15-8(6)12-3-5-1-2-7(17)14-5/h4-5H,1-3,11H2,(H,14,17)(H2,12,13,15,16). The first-order valence-corrected chi connectivity index (χ1v) is 6.00. The van der Waals surface area contributed by atoms with Crippen molar-refractivity contribution in [1.29, 1.82) is 0 Å². The Hall–Kier alpha value is -1.41. The van der Waals surface area contributed by atoms with E-state index in [1.54, 1.807) is 6.20 Å². The molecule has 1 atom stereocenters. The van der Waals surface area contributed by atoms with Crippen molar-refractivity contribution in [2.24, 2.45) is 5.84 Å². The first-order chi connectivity index (χ1) is 8.19. The van der Waals surface area contributed by atoms with Gasteiger partial charge < -0.3 is 10.6 Å². The fourth-order valence-electron chi connectivity index (χ4n) is 1.61. The number of hydrogen-bond acceptors (Lipinski definition) is 6. The van der Waals surface area contributed by atoms with Crippen LogP contribution in [0.2, 0.25) is 0 Å². The molecule has 8 heteroatoms. The third kappa shape index (κ3) is 3.04. The van der Waals surface area contributed by atoms with Crippen molar-refractivity contribution in [2.75, 3.05) is 17.3 Å². The van der Waals surface area contributed by atoms with Crippen LogP contribution in [0.25, 0.3) is 0 Å². The molecule has 0 saturated carbocycles. The maximum absolute atomic E-state index is 11.0. The molecule has 0 aromatic carbocycles. The van der Waals surface area contributed by atoms with Crippen LogP contribution >= 0.6 is 15.9 Å². The minimum Gasteiger partial charge on any atom is -0.367 e. The molecule has 0 radical (unpaired) electrons. The molecule has 2 rings (SSSR count). The number of nitrogens with zero attached hydrogens (tertiary/aromatic N) is 2. The molecule has 1 aromatic rings. The van der Waals surface area contributed by atoms with Crippen molar-refractivity contribution in [3.63, 3.8) is 0 Å². The van der Waals surface area contributed by atoms with Gasteiger partial charge in [0, 0.05) is 25.2 Å². The zero-order valence-corrected chi connectivity index (χ0v) is 10.6. The summed E-state index contributed by atoms with van der Waals surface area (Å²) >= 11 is 3.34. The molecule has 0 bridgehead atoms. The van der Waals surface area contributed by atoms with Crippen LogP contribution in [0.3, 0.4) is 0 Å². The van der Waals surface area contributed by atoms with Crippen LogP contribution in [0.4, 0.5) is 11.8 Å². The van der Waals surface area contributed by atoms with Crippen molar-refractivity contribution in [3.8, 4) is 0 Å². The van der Waals surface area contributed by atoms with Crippen LogP contribution < -0.4 is 21.9 Å². The lowest BCUT2D eigenvalue weighted by Gasteiger charge is -2.13. The van der Waals surface area contributed by atoms with Crippen LogP contribution in [0.15, 0.2) is 10.7 Å². The summed E-state index contributed by atoms with van der Waals surface area (Å²) in [7, 11) is 0.